The molecule has 0 N–H and O–H groups in total. The summed E-state index contributed by atoms with van der Waals surface area (Å²) in [6.07, 6.45) is 2.60. The van der Waals surface area contributed by atoms with Gasteiger partial charge in [0.25, 0.3) is 0 Å². The molecule has 4 heteroatoms. The molecule has 1 unspecified atom stereocenters. The first-order valence-corrected chi connectivity index (χ1v) is 10.5. The van der Waals surface area contributed by atoms with Crippen LogP contribution in [0.5, 0.6) is 5.75 Å². The monoisotopic (exact) mass is 292 g/mol. The van der Waals surface area contributed by atoms with Crippen LogP contribution in [0.3, 0.4) is 0 Å². The molecular formula is C16H21FO2Si. The van der Waals surface area contributed by atoms with E-state index in [-0.39, 0.29) is 17.9 Å². The van der Waals surface area contributed by atoms with E-state index in [2.05, 4.69) is 31.1 Å². The second kappa shape index (κ2) is 6.42. The molecule has 0 aromatic heterocycles. The van der Waals surface area contributed by atoms with E-state index in [1.165, 1.54) is 6.07 Å². The first-order valence-electron chi connectivity index (χ1n) is 7.05. The van der Waals surface area contributed by atoms with Gasteiger partial charge in [0.15, 0.2) is 17.9 Å². The number of ether oxygens (including phenoxy) is 2. The van der Waals surface area contributed by atoms with Crippen LogP contribution in [0.4, 0.5) is 4.39 Å². The number of rotatable bonds is 2. The maximum Gasteiger partial charge on any atom is 0.199 e. The molecule has 0 amide bonds. The van der Waals surface area contributed by atoms with E-state index in [4.69, 9.17) is 9.47 Å². The first kappa shape index (κ1) is 15.1. The standard InChI is InChI=1S/C16H21FO2Si/c1-20(2,3)11-9-13-7-8-15(14(17)12-13)19-16-6-4-5-10-18-16/h7-8,12,16H,4-6,10H2,1-3H3. The van der Waals surface area contributed by atoms with Crippen molar-refractivity contribution in [3.05, 3.63) is 29.6 Å². The lowest BCUT2D eigenvalue weighted by Gasteiger charge is -2.23. The van der Waals surface area contributed by atoms with E-state index in [1.54, 1.807) is 12.1 Å². The molecule has 20 heavy (non-hydrogen) atoms. The van der Waals surface area contributed by atoms with Crippen molar-refractivity contribution in [1.82, 2.24) is 0 Å². The highest BCUT2D eigenvalue weighted by atomic mass is 28.3. The van der Waals surface area contributed by atoms with E-state index in [0.29, 0.717) is 12.2 Å². The third kappa shape index (κ3) is 4.66. The van der Waals surface area contributed by atoms with Gasteiger partial charge in [-0.2, -0.15) is 0 Å². The molecule has 0 bridgehead atoms. The van der Waals surface area contributed by atoms with Crippen molar-refractivity contribution in [2.75, 3.05) is 6.61 Å². The number of halogens is 1. The summed E-state index contributed by atoms with van der Waals surface area (Å²) in [5.41, 5.74) is 3.92. The van der Waals surface area contributed by atoms with Crippen LogP contribution in [0.1, 0.15) is 24.8 Å². The third-order valence-electron chi connectivity index (χ3n) is 2.91. The van der Waals surface area contributed by atoms with Crippen LogP contribution in [0, 0.1) is 17.3 Å². The third-order valence-corrected chi connectivity index (χ3v) is 3.79. The Bertz CT molecular complexity index is 520. The molecule has 0 spiro atoms. The van der Waals surface area contributed by atoms with E-state index >= 15 is 0 Å². The van der Waals surface area contributed by atoms with Crippen LogP contribution in [-0.2, 0) is 4.74 Å². The molecule has 1 aliphatic rings. The molecule has 2 rings (SSSR count). The summed E-state index contributed by atoms with van der Waals surface area (Å²) in [7, 11) is -1.44. The average molecular weight is 292 g/mol. The smallest absolute Gasteiger partial charge is 0.199 e. The fraction of sp³-hybridized carbons (Fsp3) is 0.500. The Morgan fingerprint density at radius 2 is 2.10 bits per heavy atom. The van der Waals surface area contributed by atoms with Gasteiger partial charge < -0.3 is 9.47 Å². The van der Waals surface area contributed by atoms with E-state index in [0.717, 1.165) is 19.3 Å². The van der Waals surface area contributed by atoms with Gasteiger partial charge >= 0.3 is 0 Å². The Morgan fingerprint density at radius 1 is 1.30 bits per heavy atom. The zero-order valence-electron chi connectivity index (χ0n) is 12.3. The van der Waals surface area contributed by atoms with Gasteiger partial charge in [0.05, 0.1) is 6.61 Å². The van der Waals surface area contributed by atoms with Gasteiger partial charge in [-0.05, 0) is 31.0 Å². The topological polar surface area (TPSA) is 18.5 Å². The van der Waals surface area contributed by atoms with Crippen LogP contribution in [0.15, 0.2) is 18.2 Å². The molecule has 1 aliphatic heterocycles. The molecule has 1 aromatic rings. The minimum Gasteiger partial charge on any atom is -0.462 e. The second-order valence-electron chi connectivity index (χ2n) is 6.06. The minimum absolute atomic E-state index is 0.246. The van der Waals surface area contributed by atoms with Crippen LogP contribution < -0.4 is 4.74 Å². The highest BCUT2D eigenvalue weighted by molar-refractivity contribution is 6.83. The molecule has 0 aliphatic carbocycles. The Hall–Kier alpha value is -1.31. The molecule has 1 aromatic carbocycles. The van der Waals surface area contributed by atoms with E-state index in [1.807, 2.05) is 0 Å². The summed E-state index contributed by atoms with van der Waals surface area (Å²) >= 11 is 0. The van der Waals surface area contributed by atoms with E-state index in [9.17, 15) is 4.39 Å². The van der Waals surface area contributed by atoms with Gasteiger partial charge in [-0.1, -0.05) is 25.6 Å². The van der Waals surface area contributed by atoms with Gasteiger partial charge in [0.1, 0.15) is 8.07 Å². The van der Waals surface area contributed by atoms with Crippen molar-refractivity contribution >= 4 is 8.07 Å². The highest BCUT2D eigenvalue weighted by Gasteiger charge is 2.17. The average Bonchev–Trinajstić information content (AvgIpc) is 2.40. The predicted octanol–water partition coefficient (Wildman–Crippen LogP) is 3.96. The zero-order chi connectivity index (χ0) is 14.6. The fourth-order valence-corrected chi connectivity index (χ4v) is 2.40. The van der Waals surface area contributed by atoms with Crippen molar-refractivity contribution in [2.24, 2.45) is 0 Å². The van der Waals surface area contributed by atoms with Crippen molar-refractivity contribution in [3.63, 3.8) is 0 Å². The summed E-state index contributed by atoms with van der Waals surface area (Å²) in [5, 5.41) is 0. The molecule has 2 nitrogen and oxygen atoms in total. The maximum absolute atomic E-state index is 14.0. The summed E-state index contributed by atoms with van der Waals surface area (Å²) in [5.74, 6) is 2.91. The Kier molecular flexibility index (Phi) is 4.85. The molecule has 0 radical (unpaired) electrons. The van der Waals surface area contributed by atoms with Crippen LogP contribution in [0.25, 0.3) is 0 Å². The lowest BCUT2D eigenvalue weighted by molar-refractivity contribution is -0.107. The lowest BCUT2D eigenvalue weighted by Crippen LogP contribution is -2.25. The fourth-order valence-electron chi connectivity index (χ4n) is 1.88. The Balaban J connectivity index is 2.07. The van der Waals surface area contributed by atoms with Gasteiger partial charge in [0, 0.05) is 12.0 Å². The molecule has 1 saturated heterocycles. The lowest BCUT2D eigenvalue weighted by atomic mass is 10.2. The Morgan fingerprint density at radius 3 is 2.70 bits per heavy atom. The summed E-state index contributed by atoms with van der Waals surface area (Å²) in [4.78, 5) is 0. The minimum atomic E-state index is -1.44. The van der Waals surface area contributed by atoms with Crippen LogP contribution in [-0.4, -0.2) is 21.0 Å². The molecule has 0 saturated carbocycles. The van der Waals surface area contributed by atoms with Crippen LogP contribution in [0.2, 0.25) is 19.6 Å². The van der Waals surface area contributed by atoms with Crippen LogP contribution >= 0.6 is 0 Å². The van der Waals surface area contributed by atoms with Crippen molar-refractivity contribution in [3.8, 4) is 17.2 Å². The molecule has 1 fully saturated rings. The number of hydrogen-bond donors (Lipinski definition) is 0. The summed E-state index contributed by atoms with van der Waals surface area (Å²) in [6.45, 7) is 7.17. The SMILES string of the molecule is C[Si](C)(C)C#Cc1ccc(OC2CCCCO2)c(F)c1. The van der Waals surface area contributed by atoms with Gasteiger partial charge in [0.2, 0.25) is 0 Å². The highest BCUT2D eigenvalue weighted by Crippen LogP contribution is 2.23. The van der Waals surface area contributed by atoms with Crippen molar-refractivity contribution in [1.29, 1.82) is 0 Å². The molecule has 1 heterocycles. The van der Waals surface area contributed by atoms with Crippen molar-refractivity contribution < 1.29 is 13.9 Å². The second-order valence-corrected chi connectivity index (χ2v) is 10.8. The summed E-state index contributed by atoms with van der Waals surface area (Å²) in [6, 6.07) is 4.88. The molecule has 1 atom stereocenters. The maximum atomic E-state index is 14.0. The number of benzene rings is 1. The quantitative estimate of drug-likeness (QED) is 0.607. The predicted molar refractivity (Wildman–Crippen MR) is 80.8 cm³/mol. The zero-order valence-corrected chi connectivity index (χ0v) is 13.3. The normalized spacial score (nSPS) is 19.1. The first-order chi connectivity index (χ1) is 9.44. The molecule has 108 valence electrons. The largest absolute Gasteiger partial charge is 0.462 e. The van der Waals surface area contributed by atoms with Crippen molar-refractivity contribution in [2.45, 2.75) is 45.2 Å². The Labute approximate surface area is 121 Å². The molecular weight excluding hydrogens is 271 g/mol. The van der Waals surface area contributed by atoms with Gasteiger partial charge in [-0.15, -0.1) is 5.54 Å². The summed E-state index contributed by atoms with van der Waals surface area (Å²) < 4.78 is 25.0. The number of hydrogen-bond acceptors (Lipinski definition) is 2. The van der Waals surface area contributed by atoms with Gasteiger partial charge in [-0.3, -0.25) is 0 Å². The van der Waals surface area contributed by atoms with Gasteiger partial charge in [-0.25, -0.2) is 4.39 Å². The van der Waals surface area contributed by atoms with E-state index < -0.39 is 8.07 Å².